The fraction of sp³-hybridized carbons (Fsp3) is 0.154. The Morgan fingerprint density at radius 3 is 2.42 bits per heavy atom. The van der Waals surface area contributed by atoms with E-state index in [1.165, 1.54) is 0 Å². The Bertz CT molecular complexity index is 1310. The molecule has 1 amide bonds. The summed E-state index contributed by atoms with van der Waals surface area (Å²) in [5, 5.41) is 12.8. The Balaban J connectivity index is 1.34. The highest BCUT2D eigenvalue weighted by atomic mass is 16.5. The summed E-state index contributed by atoms with van der Waals surface area (Å²) in [4.78, 5) is 24.4. The predicted molar refractivity (Wildman–Crippen MR) is 125 cm³/mol. The van der Waals surface area contributed by atoms with E-state index in [4.69, 9.17) is 13.9 Å². The zero-order valence-corrected chi connectivity index (χ0v) is 18.0. The second-order valence-electron chi connectivity index (χ2n) is 7.43. The van der Waals surface area contributed by atoms with Crippen molar-refractivity contribution in [3.05, 3.63) is 88.8 Å². The Morgan fingerprint density at radius 1 is 0.970 bits per heavy atom. The van der Waals surface area contributed by atoms with E-state index in [-0.39, 0.29) is 18.3 Å². The number of carbonyl (C=O) groups excluding carboxylic acids is 1. The summed E-state index contributed by atoms with van der Waals surface area (Å²) in [6.45, 7) is 0.348. The molecule has 3 aromatic carbocycles. The van der Waals surface area contributed by atoms with Crippen LogP contribution in [0.1, 0.15) is 5.56 Å². The third-order valence-corrected chi connectivity index (χ3v) is 5.15. The fourth-order valence-electron chi connectivity index (χ4n) is 3.37. The van der Waals surface area contributed by atoms with Crippen LogP contribution < -0.4 is 20.4 Å². The lowest BCUT2D eigenvalue weighted by Gasteiger charge is -2.09. The molecular formula is C26H23NO6. The molecule has 7 heteroatoms. The Labute approximate surface area is 190 Å². The summed E-state index contributed by atoms with van der Waals surface area (Å²) in [6, 6.07) is 20.8. The minimum absolute atomic E-state index is 0.118. The van der Waals surface area contributed by atoms with Gasteiger partial charge in [-0.05, 0) is 66.1 Å². The van der Waals surface area contributed by atoms with Crippen LogP contribution in [-0.2, 0) is 11.2 Å². The van der Waals surface area contributed by atoms with Crippen molar-refractivity contribution in [2.45, 2.75) is 6.42 Å². The first-order chi connectivity index (χ1) is 16.0. The topological polar surface area (TPSA) is 98.0 Å². The van der Waals surface area contributed by atoms with Crippen LogP contribution in [0.5, 0.6) is 17.2 Å². The summed E-state index contributed by atoms with van der Waals surface area (Å²) in [5.74, 6) is 1.16. The molecule has 0 radical (unpaired) electrons. The summed E-state index contributed by atoms with van der Waals surface area (Å²) >= 11 is 0. The number of hydrogen-bond donors (Lipinski definition) is 2. The van der Waals surface area contributed by atoms with Gasteiger partial charge in [-0.2, -0.15) is 0 Å². The monoisotopic (exact) mass is 445 g/mol. The molecule has 0 bridgehead atoms. The van der Waals surface area contributed by atoms with E-state index in [0.717, 1.165) is 10.9 Å². The van der Waals surface area contributed by atoms with Crippen molar-refractivity contribution in [1.82, 2.24) is 5.32 Å². The molecule has 0 atom stereocenters. The molecule has 168 valence electrons. The first-order valence-electron chi connectivity index (χ1n) is 10.4. The van der Waals surface area contributed by atoms with Crippen molar-refractivity contribution in [3.8, 4) is 28.4 Å². The van der Waals surface area contributed by atoms with Crippen LogP contribution in [-0.4, -0.2) is 31.3 Å². The summed E-state index contributed by atoms with van der Waals surface area (Å²) in [5.41, 5.74) is 2.17. The maximum atomic E-state index is 12.4. The highest BCUT2D eigenvalue weighted by Gasteiger charge is 2.10. The van der Waals surface area contributed by atoms with Crippen LogP contribution >= 0.6 is 0 Å². The number of phenolic OH excluding ortho intramolecular Hbond substituents is 1. The summed E-state index contributed by atoms with van der Waals surface area (Å²) in [6.07, 6.45) is 0.654. The third-order valence-electron chi connectivity index (χ3n) is 5.15. The van der Waals surface area contributed by atoms with Crippen LogP contribution in [0.2, 0.25) is 0 Å². The van der Waals surface area contributed by atoms with Crippen molar-refractivity contribution in [1.29, 1.82) is 0 Å². The number of aromatic hydroxyl groups is 1. The molecule has 0 spiro atoms. The van der Waals surface area contributed by atoms with Gasteiger partial charge in [0.05, 0.1) is 12.7 Å². The fourth-order valence-corrected chi connectivity index (χ4v) is 3.37. The van der Waals surface area contributed by atoms with E-state index in [0.29, 0.717) is 41.2 Å². The molecule has 0 fully saturated rings. The number of rotatable bonds is 8. The first-order valence-corrected chi connectivity index (χ1v) is 10.4. The molecule has 0 unspecified atom stereocenters. The van der Waals surface area contributed by atoms with Gasteiger partial charge in [-0.3, -0.25) is 4.79 Å². The smallest absolute Gasteiger partial charge is 0.344 e. The highest BCUT2D eigenvalue weighted by Crippen LogP contribution is 2.25. The van der Waals surface area contributed by atoms with Gasteiger partial charge in [0, 0.05) is 11.9 Å². The van der Waals surface area contributed by atoms with Gasteiger partial charge in [-0.1, -0.05) is 24.3 Å². The van der Waals surface area contributed by atoms with Crippen LogP contribution in [0, 0.1) is 0 Å². The Kier molecular flexibility index (Phi) is 6.59. The molecule has 0 aliphatic heterocycles. The number of nitrogens with one attached hydrogen (secondary N) is 1. The number of amides is 1. The van der Waals surface area contributed by atoms with Crippen molar-refractivity contribution in [2.24, 2.45) is 0 Å². The zero-order chi connectivity index (χ0) is 23.2. The molecule has 0 saturated heterocycles. The van der Waals surface area contributed by atoms with Gasteiger partial charge in [0.2, 0.25) is 0 Å². The lowest BCUT2D eigenvalue weighted by Crippen LogP contribution is -2.30. The number of carbonyl (C=O) groups is 1. The number of methoxy groups -OCH3 is 1. The second kappa shape index (κ2) is 9.91. The van der Waals surface area contributed by atoms with E-state index < -0.39 is 5.63 Å². The number of hydrogen-bond acceptors (Lipinski definition) is 6. The largest absolute Gasteiger partial charge is 0.508 e. The van der Waals surface area contributed by atoms with Gasteiger partial charge in [-0.25, -0.2) is 4.79 Å². The molecule has 0 saturated carbocycles. The predicted octanol–water partition coefficient (Wildman–Crippen LogP) is 3.91. The maximum absolute atomic E-state index is 12.4. The molecule has 1 aromatic heterocycles. The molecule has 33 heavy (non-hydrogen) atoms. The molecule has 1 heterocycles. The number of ether oxygens (including phenoxy) is 2. The number of phenols is 1. The van der Waals surface area contributed by atoms with Gasteiger partial charge in [0.25, 0.3) is 5.91 Å². The van der Waals surface area contributed by atoms with Gasteiger partial charge < -0.3 is 24.3 Å². The van der Waals surface area contributed by atoms with Gasteiger partial charge in [-0.15, -0.1) is 0 Å². The number of benzene rings is 3. The standard InChI is InChI=1S/C26H23NO6/c1-31-22-10-11-24-19(14-22)15-23(26(30)33-24)18-4-8-21(9-5-18)32-16-25(29)27-13-12-17-2-6-20(28)7-3-17/h2-11,14-15,28H,12-13,16H2,1H3,(H,27,29). The number of fused-ring (bicyclic) bond motifs is 1. The van der Waals surface area contributed by atoms with Gasteiger partial charge in [0.15, 0.2) is 6.61 Å². The van der Waals surface area contributed by atoms with E-state index in [2.05, 4.69) is 5.32 Å². The maximum Gasteiger partial charge on any atom is 0.344 e. The Hall–Kier alpha value is -4.26. The first kappa shape index (κ1) is 22.0. The molecule has 0 aliphatic carbocycles. The average Bonchev–Trinajstić information content (AvgIpc) is 2.83. The van der Waals surface area contributed by atoms with Crippen LogP contribution in [0.25, 0.3) is 22.1 Å². The quantitative estimate of drug-likeness (QED) is 0.399. The highest BCUT2D eigenvalue weighted by molar-refractivity contribution is 5.83. The van der Waals surface area contributed by atoms with Crippen molar-refractivity contribution in [3.63, 3.8) is 0 Å². The molecule has 2 N–H and O–H groups in total. The van der Waals surface area contributed by atoms with Crippen LogP contribution in [0.3, 0.4) is 0 Å². The minimum Gasteiger partial charge on any atom is -0.508 e. The van der Waals surface area contributed by atoms with Crippen molar-refractivity contribution in [2.75, 3.05) is 20.3 Å². The van der Waals surface area contributed by atoms with Gasteiger partial charge >= 0.3 is 5.63 Å². The van der Waals surface area contributed by atoms with E-state index >= 15 is 0 Å². The SMILES string of the molecule is COc1ccc2oc(=O)c(-c3ccc(OCC(=O)NCCc4ccc(O)cc4)cc3)cc2c1. The van der Waals surface area contributed by atoms with Crippen molar-refractivity contribution < 1.29 is 23.8 Å². The Morgan fingerprint density at radius 2 is 1.70 bits per heavy atom. The van der Waals surface area contributed by atoms with E-state index in [1.54, 1.807) is 67.8 Å². The van der Waals surface area contributed by atoms with Crippen LogP contribution in [0.4, 0.5) is 0 Å². The third kappa shape index (κ3) is 5.51. The normalized spacial score (nSPS) is 10.7. The molecule has 4 rings (SSSR count). The second-order valence-corrected chi connectivity index (χ2v) is 7.43. The lowest BCUT2D eigenvalue weighted by molar-refractivity contribution is -0.123. The molecule has 0 aliphatic rings. The minimum atomic E-state index is -0.436. The molecule has 7 nitrogen and oxygen atoms in total. The molecule has 4 aromatic rings. The van der Waals surface area contributed by atoms with Crippen molar-refractivity contribution >= 4 is 16.9 Å². The van der Waals surface area contributed by atoms with E-state index in [1.807, 2.05) is 12.1 Å². The van der Waals surface area contributed by atoms with Crippen LogP contribution in [0.15, 0.2) is 82.0 Å². The molecular weight excluding hydrogens is 422 g/mol. The average molecular weight is 445 g/mol. The van der Waals surface area contributed by atoms with Gasteiger partial charge in [0.1, 0.15) is 22.8 Å². The summed E-state index contributed by atoms with van der Waals surface area (Å²) in [7, 11) is 1.58. The van der Waals surface area contributed by atoms with E-state index in [9.17, 15) is 14.7 Å². The zero-order valence-electron chi connectivity index (χ0n) is 18.0. The lowest BCUT2D eigenvalue weighted by atomic mass is 10.1. The summed E-state index contributed by atoms with van der Waals surface area (Å²) < 4.78 is 16.2.